The van der Waals surface area contributed by atoms with E-state index in [0.717, 1.165) is 16.5 Å². The van der Waals surface area contributed by atoms with Crippen LogP contribution >= 0.6 is 23.1 Å². The Morgan fingerprint density at radius 3 is 2.89 bits per heavy atom. The van der Waals surface area contributed by atoms with Crippen molar-refractivity contribution in [1.29, 1.82) is 0 Å². The van der Waals surface area contributed by atoms with Gasteiger partial charge in [-0.25, -0.2) is 14.8 Å². The molecule has 0 saturated heterocycles. The van der Waals surface area contributed by atoms with Crippen LogP contribution in [0.2, 0.25) is 0 Å². The number of carboxylic acid groups (broad SMARTS) is 1. The summed E-state index contributed by atoms with van der Waals surface area (Å²) in [6.07, 6.45) is 1.52. The van der Waals surface area contributed by atoms with Gasteiger partial charge in [-0.05, 0) is 26.0 Å². The van der Waals surface area contributed by atoms with Crippen LogP contribution in [0.3, 0.4) is 0 Å². The molecule has 0 unspecified atom stereocenters. The molecule has 0 aromatic carbocycles. The van der Waals surface area contributed by atoms with Gasteiger partial charge in [0.25, 0.3) is 0 Å². The molecule has 2 rings (SSSR count). The Labute approximate surface area is 113 Å². The molecule has 0 aliphatic carbocycles. The number of aryl methyl sites for hydroxylation is 2. The van der Waals surface area contributed by atoms with E-state index in [9.17, 15) is 4.79 Å². The third kappa shape index (κ3) is 3.08. The van der Waals surface area contributed by atoms with Crippen molar-refractivity contribution in [3.8, 4) is 0 Å². The minimum absolute atomic E-state index is 0.263. The molecule has 2 heterocycles. The molecule has 94 valence electrons. The van der Waals surface area contributed by atoms with E-state index in [1.165, 1.54) is 28.9 Å². The fourth-order valence-electron chi connectivity index (χ4n) is 1.36. The van der Waals surface area contributed by atoms with Crippen LogP contribution in [0.1, 0.15) is 25.9 Å². The molecule has 0 spiro atoms. The number of carboxylic acids is 1. The first-order valence-corrected chi connectivity index (χ1v) is 7.11. The molecule has 0 atom stereocenters. The summed E-state index contributed by atoms with van der Waals surface area (Å²) >= 11 is 3.17. The minimum atomic E-state index is -0.930. The lowest BCUT2D eigenvalue weighted by Crippen LogP contribution is -1.96. The SMILES string of the molecule is Cc1nc(CSc2cc(C(=O)O)ccn2)sc1C. The Hall–Kier alpha value is -1.40. The lowest BCUT2D eigenvalue weighted by Gasteiger charge is -1.99. The molecular weight excluding hydrogens is 268 g/mol. The molecule has 0 radical (unpaired) electrons. The first kappa shape index (κ1) is 13.0. The normalized spacial score (nSPS) is 10.6. The summed E-state index contributed by atoms with van der Waals surface area (Å²) in [6.45, 7) is 4.04. The van der Waals surface area contributed by atoms with Gasteiger partial charge in [-0.1, -0.05) is 11.8 Å². The predicted octanol–water partition coefficient (Wildman–Crippen LogP) is 3.15. The molecule has 18 heavy (non-hydrogen) atoms. The lowest BCUT2D eigenvalue weighted by molar-refractivity contribution is 0.0696. The third-order valence-electron chi connectivity index (χ3n) is 2.40. The van der Waals surface area contributed by atoms with E-state index in [-0.39, 0.29) is 5.56 Å². The molecule has 0 aliphatic heterocycles. The van der Waals surface area contributed by atoms with E-state index in [0.29, 0.717) is 5.03 Å². The average Bonchev–Trinajstić information content (AvgIpc) is 2.67. The number of thioether (sulfide) groups is 1. The molecule has 6 heteroatoms. The minimum Gasteiger partial charge on any atom is -0.478 e. The quantitative estimate of drug-likeness (QED) is 0.872. The number of thiazole rings is 1. The molecule has 4 nitrogen and oxygen atoms in total. The largest absolute Gasteiger partial charge is 0.478 e. The number of hydrogen-bond acceptors (Lipinski definition) is 5. The van der Waals surface area contributed by atoms with Gasteiger partial charge in [0.2, 0.25) is 0 Å². The first-order chi connectivity index (χ1) is 8.56. The number of pyridine rings is 1. The Kier molecular flexibility index (Phi) is 3.98. The van der Waals surface area contributed by atoms with Crippen molar-refractivity contribution in [1.82, 2.24) is 9.97 Å². The van der Waals surface area contributed by atoms with Crippen LogP contribution in [0, 0.1) is 13.8 Å². The van der Waals surface area contributed by atoms with Crippen LogP contribution in [-0.4, -0.2) is 21.0 Å². The number of rotatable bonds is 4. The fraction of sp³-hybridized carbons (Fsp3) is 0.250. The molecule has 0 bridgehead atoms. The number of aromatic nitrogens is 2. The molecule has 1 N–H and O–H groups in total. The van der Waals surface area contributed by atoms with Crippen LogP contribution < -0.4 is 0 Å². The fourth-order valence-corrected chi connectivity index (χ4v) is 3.18. The Bertz CT molecular complexity index is 562. The van der Waals surface area contributed by atoms with Crippen molar-refractivity contribution in [2.45, 2.75) is 24.6 Å². The maximum Gasteiger partial charge on any atom is 0.335 e. The zero-order valence-corrected chi connectivity index (χ0v) is 11.6. The molecule has 0 amide bonds. The second-order valence-electron chi connectivity index (χ2n) is 3.73. The number of aromatic carboxylic acids is 1. The number of nitrogens with zero attached hydrogens (tertiary/aromatic N) is 2. The summed E-state index contributed by atoms with van der Waals surface area (Å²) < 4.78 is 0. The van der Waals surface area contributed by atoms with E-state index < -0.39 is 5.97 Å². The van der Waals surface area contributed by atoms with Gasteiger partial charge in [0, 0.05) is 11.1 Å². The summed E-state index contributed by atoms with van der Waals surface area (Å²) in [6, 6.07) is 3.07. The van der Waals surface area contributed by atoms with Gasteiger partial charge < -0.3 is 5.11 Å². The predicted molar refractivity (Wildman–Crippen MR) is 72.3 cm³/mol. The Morgan fingerprint density at radius 1 is 1.50 bits per heavy atom. The summed E-state index contributed by atoms with van der Waals surface area (Å²) in [4.78, 5) is 20.6. The van der Waals surface area contributed by atoms with Crippen molar-refractivity contribution in [3.63, 3.8) is 0 Å². The summed E-state index contributed by atoms with van der Waals surface area (Å²) in [5, 5.41) is 10.6. The molecule has 2 aromatic rings. The lowest BCUT2D eigenvalue weighted by atomic mass is 10.3. The monoisotopic (exact) mass is 280 g/mol. The zero-order valence-electron chi connectivity index (χ0n) is 10.0. The standard InChI is InChI=1S/C12H12N2O2S2/c1-7-8(2)18-11(14-7)6-17-10-5-9(12(15)16)3-4-13-10/h3-5H,6H2,1-2H3,(H,15,16). The first-order valence-electron chi connectivity index (χ1n) is 5.31. The van der Waals surface area contributed by atoms with Gasteiger partial charge in [-0.2, -0.15) is 0 Å². The van der Waals surface area contributed by atoms with Gasteiger partial charge >= 0.3 is 5.97 Å². The van der Waals surface area contributed by atoms with Gasteiger partial charge in [-0.15, -0.1) is 11.3 Å². The highest BCUT2D eigenvalue weighted by atomic mass is 32.2. The second-order valence-corrected chi connectivity index (χ2v) is 6.01. The van der Waals surface area contributed by atoms with Crippen LogP contribution in [-0.2, 0) is 5.75 Å². The van der Waals surface area contributed by atoms with Gasteiger partial charge in [0.15, 0.2) is 0 Å². The molecular formula is C12H12N2O2S2. The summed E-state index contributed by atoms with van der Waals surface area (Å²) in [5.74, 6) is -0.213. The number of carbonyl (C=O) groups is 1. The molecule has 0 saturated carbocycles. The molecule has 0 aliphatic rings. The summed E-state index contributed by atoms with van der Waals surface area (Å²) in [7, 11) is 0. The van der Waals surface area contributed by atoms with Crippen LogP contribution in [0.15, 0.2) is 23.4 Å². The van der Waals surface area contributed by atoms with Crippen LogP contribution in [0.5, 0.6) is 0 Å². The second kappa shape index (κ2) is 5.49. The highest BCUT2D eigenvalue weighted by molar-refractivity contribution is 7.98. The van der Waals surface area contributed by atoms with E-state index in [1.54, 1.807) is 17.4 Å². The maximum absolute atomic E-state index is 10.8. The van der Waals surface area contributed by atoms with Crippen LogP contribution in [0.4, 0.5) is 0 Å². The van der Waals surface area contributed by atoms with Crippen molar-refractivity contribution >= 4 is 29.1 Å². The van der Waals surface area contributed by atoms with Crippen LogP contribution in [0.25, 0.3) is 0 Å². The summed E-state index contributed by atoms with van der Waals surface area (Å²) in [5.41, 5.74) is 1.32. The van der Waals surface area contributed by atoms with E-state index >= 15 is 0 Å². The van der Waals surface area contributed by atoms with Gasteiger partial charge in [-0.3, -0.25) is 0 Å². The smallest absolute Gasteiger partial charge is 0.335 e. The van der Waals surface area contributed by atoms with Gasteiger partial charge in [0.1, 0.15) is 5.01 Å². The van der Waals surface area contributed by atoms with Crippen molar-refractivity contribution in [2.75, 3.05) is 0 Å². The van der Waals surface area contributed by atoms with E-state index in [2.05, 4.69) is 9.97 Å². The van der Waals surface area contributed by atoms with E-state index in [1.807, 2.05) is 13.8 Å². The molecule has 0 fully saturated rings. The topological polar surface area (TPSA) is 63.1 Å². The highest BCUT2D eigenvalue weighted by Gasteiger charge is 2.07. The Balaban J connectivity index is 2.06. The van der Waals surface area contributed by atoms with Crippen molar-refractivity contribution < 1.29 is 9.90 Å². The average molecular weight is 280 g/mol. The van der Waals surface area contributed by atoms with Gasteiger partial charge in [0.05, 0.1) is 22.0 Å². The number of hydrogen-bond donors (Lipinski definition) is 1. The third-order valence-corrected chi connectivity index (χ3v) is 4.59. The van der Waals surface area contributed by atoms with Crippen molar-refractivity contribution in [3.05, 3.63) is 39.5 Å². The highest BCUT2D eigenvalue weighted by Crippen LogP contribution is 2.25. The Morgan fingerprint density at radius 2 is 2.28 bits per heavy atom. The van der Waals surface area contributed by atoms with Crippen molar-refractivity contribution in [2.24, 2.45) is 0 Å². The molecule has 2 aromatic heterocycles. The maximum atomic E-state index is 10.8. The van der Waals surface area contributed by atoms with E-state index in [4.69, 9.17) is 5.11 Å². The zero-order chi connectivity index (χ0) is 13.1.